The van der Waals surface area contributed by atoms with Crippen LogP contribution in [-0.2, 0) is 4.79 Å². The van der Waals surface area contributed by atoms with Crippen LogP contribution in [0.4, 0.5) is 10.1 Å². The number of aryl methyl sites for hydroxylation is 1. The summed E-state index contributed by atoms with van der Waals surface area (Å²) in [5.74, 6) is -0.00987. The van der Waals surface area contributed by atoms with Crippen LogP contribution < -0.4 is 15.5 Å². The predicted molar refractivity (Wildman–Crippen MR) is 117 cm³/mol. The molecule has 1 aliphatic rings. The van der Waals surface area contributed by atoms with Gasteiger partial charge in [0.05, 0.1) is 23.9 Å². The molecule has 8 heteroatoms. The van der Waals surface area contributed by atoms with Crippen LogP contribution in [0.15, 0.2) is 64.1 Å². The zero-order valence-electron chi connectivity index (χ0n) is 15.8. The van der Waals surface area contributed by atoms with Gasteiger partial charge in [0, 0.05) is 10.2 Å². The van der Waals surface area contributed by atoms with Crippen molar-refractivity contribution in [2.24, 2.45) is 0 Å². The topological polar surface area (TPSA) is 55.3 Å². The minimum atomic E-state index is -0.492. The van der Waals surface area contributed by atoms with Crippen LogP contribution in [0.5, 0.6) is 5.75 Å². The van der Waals surface area contributed by atoms with Gasteiger partial charge in [0.1, 0.15) is 16.8 Å². The Morgan fingerprint density at radius 3 is 2.66 bits per heavy atom. The summed E-state index contributed by atoms with van der Waals surface area (Å²) in [6.45, 7) is 2.00. The number of carbonyl (C=O) groups excluding carboxylic acids is 1. The number of nitrogens with zero attached hydrogens (tertiary/aromatic N) is 1. The molecule has 2 heterocycles. The molecule has 4 rings (SSSR count). The molecule has 150 valence electrons. The summed E-state index contributed by atoms with van der Waals surface area (Å²) < 4.78 is 22.1. The number of amides is 1. The lowest BCUT2D eigenvalue weighted by Gasteiger charge is -2.34. The van der Waals surface area contributed by atoms with Crippen LogP contribution in [0, 0.1) is 12.7 Å². The average molecular weight is 476 g/mol. The second-order valence-corrected chi connectivity index (χ2v) is 8.76. The van der Waals surface area contributed by atoms with Crippen molar-refractivity contribution in [2.45, 2.75) is 23.2 Å². The molecule has 0 fully saturated rings. The maximum atomic E-state index is 14.2. The van der Waals surface area contributed by atoms with Crippen molar-refractivity contribution in [3.8, 4) is 5.75 Å². The molecule has 2 aromatic carbocycles. The Morgan fingerprint density at radius 2 is 1.97 bits per heavy atom. The quantitative estimate of drug-likeness (QED) is 0.550. The molecule has 3 aromatic rings. The summed E-state index contributed by atoms with van der Waals surface area (Å²) in [7, 11) is 1.61. The largest absolute Gasteiger partial charge is 0.497 e. The number of carbonyl (C=O) groups is 1. The molecule has 1 aliphatic heterocycles. The molecule has 1 aromatic heterocycles. The van der Waals surface area contributed by atoms with E-state index in [0.717, 1.165) is 22.0 Å². The Bertz CT molecular complexity index is 1050. The summed E-state index contributed by atoms with van der Waals surface area (Å²) in [5.41, 5.74) is 5.57. The van der Waals surface area contributed by atoms with Gasteiger partial charge in [-0.1, -0.05) is 39.8 Å². The van der Waals surface area contributed by atoms with Crippen LogP contribution in [0.2, 0.25) is 0 Å². The predicted octanol–water partition coefficient (Wildman–Crippen LogP) is 5.10. The number of fused-ring (bicyclic) bond motifs is 1. The molecule has 0 unspecified atom stereocenters. The van der Waals surface area contributed by atoms with Gasteiger partial charge in [-0.15, -0.1) is 0 Å². The Labute approximate surface area is 180 Å². The van der Waals surface area contributed by atoms with E-state index in [1.807, 2.05) is 48.0 Å². The monoisotopic (exact) mass is 475 g/mol. The first-order valence-electron chi connectivity index (χ1n) is 8.97. The van der Waals surface area contributed by atoms with Crippen molar-refractivity contribution in [3.63, 3.8) is 0 Å². The maximum Gasteiger partial charge on any atom is 0.240 e. The van der Waals surface area contributed by atoms with Crippen molar-refractivity contribution < 1.29 is 13.9 Å². The number of ether oxygens (including phenoxy) is 1. The Kier molecular flexibility index (Phi) is 5.56. The SMILES string of the molecule is COc1ccc([C@H]2Nn3c(C)ccc3S[C@@H]2C(=O)Nc2ccc(Br)cc2F)cc1. The number of hydrogen-bond donors (Lipinski definition) is 2. The fourth-order valence-electron chi connectivity index (χ4n) is 3.24. The van der Waals surface area contributed by atoms with Crippen LogP contribution in [0.3, 0.4) is 0 Å². The van der Waals surface area contributed by atoms with Gasteiger partial charge in [-0.3, -0.25) is 9.47 Å². The van der Waals surface area contributed by atoms with Gasteiger partial charge in [-0.05, 0) is 55.0 Å². The van der Waals surface area contributed by atoms with E-state index in [-0.39, 0.29) is 17.6 Å². The van der Waals surface area contributed by atoms with Gasteiger partial charge < -0.3 is 15.5 Å². The van der Waals surface area contributed by atoms with E-state index in [9.17, 15) is 9.18 Å². The number of halogens is 2. The van der Waals surface area contributed by atoms with Crippen molar-refractivity contribution in [2.75, 3.05) is 17.9 Å². The van der Waals surface area contributed by atoms with E-state index in [1.54, 1.807) is 19.2 Å². The highest BCUT2D eigenvalue weighted by atomic mass is 79.9. The van der Waals surface area contributed by atoms with E-state index in [1.165, 1.54) is 17.8 Å². The van der Waals surface area contributed by atoms with Crippen LogP contribution in [0.25, 0.3) is 0 Å². The number of anilines is 1. The molecule has 2 N–H and O–H groups in total. The third kappa shape index (κ3) is 4.00. The van der Waals surface area contributed by atoms with Gasteiger partial charge >= 0.3 is 0 Å². The average Bonchev–Trinajstić information content (AvgIpc) is 3.09. The molecule has 0 bridgehead atoms. The smallest absolute Gasteiger partial charge is 0.240 e. The zero-order valence-corrected chi connectivity index (χ0v) is 18.2. The molecule has 2 atom stereocenters. The van der Waals surface area contributed by atoms with E-state index < -0.39 is 11.1 Å². The Morgan fingerprint density at radius 1 is 1.21 bits per heavy atom. The lowest BCUT2D eigenvalue weighted by atomic mass is 10.0. The molecule has 0 aliphatic carbocycles. The minimum absolute atomic E-state index is 0.157. The molecule has 1 amide bonds. The second kappa shape index (κ2) is 8.12. The van der Waals surface area contributed by atoms with E-state index in [4.69, 9.17) is 4.74 Å². The minimum Gasteiger partial charge on any atom is -0.497 e. The second-order valence-electron chi connectivity index (χ2n) is 6.68. The molecular weight excluding hydrogens is 457 g/mol. The summed E-state index contributed by atoms with van der Waals surface area (Å²) in [4.78, 5) is 13.1. The highest BCUT2D eigenvalue weighted by Gasteiger charge is 2.36. The Hall–Kier alpha value is -2.45. The van der Waals surface area contributed by atoms with E-state index in [0.29, 0.717) is 4.47 Å². The normalized spacial score (nSPS) is 17.9. The first kappa shape index (κ1) is 19.8. The number of hydrogen-bond acceptors (Lipinski definition) is 4. The van der Waals surface area contributed by atoms with E-state index >= 15 is 0 Å². The zero-order chi connectivity index (χ0) is 20.5. The fourth-order valence-corrected chi connectivity index (χ4v) is 4.80. The fraction of sp³-hybridized carbons (Fsp3) is 0.190. The number of methoxy groups -OCH3 is 1. The van der Waals surface area contributed by atoms with Gasteiger partial charge in [-0.25, -0.2) is 4.39 Å². The summed E-state index contributed by atoms with van der Waals surface area (Å²) in [6, 6.07) is 15.8. The van der Waals surface area contributed by atoms with Crippen LogP contribution in [-0.4, -0.2) is 22.9 Å². The maximum absolute atomic E-state index is 14.2. The highest BCUT2D eigenvalue weighted by molar-refractivity contribution is 9.10. The van der Waals surface area contributed by atoms with Crippen LogP contribution in [0.1, 0.15) is 17.3 Å². The molecule has 0 saturated heterocycles. The molecule has 5 nitrogen and oxygen atoms in total. The molecule has 0 spiro atoms. The third-order valence-corrected chi connectivity index (χ3v) is 6.57. The number of benzene rings is 2. The molecule has 29 heavy (non-hydrogen) atoms. The lowest BCUT2D eigenvalue weighted by molar-refractivity contribution is -0.116. The van der Waals surface area contributed by atoms with Crippen molar-refractivity contribution in [1.82, 2.24) is 4.68 Å². The summed E-state index contributed by atoms with van der Waals surface area (Å²) in [5, 5.41) is 3.18. The first-order valence-corrected chi connectivity index (χ1v) is 10.6. The first-order chi connectivity index (χ1) is 14.0. The van der Waals surface area contributed by atoms with Crippen molar-refractivity contribution in [1.29, 1.82) is 0 Å². The Balaban J connectivity index is 1.66. The van der Waals surface area contributed by atoms with Crippen molar-refractivity contribution in [3.05, 3.63) is 76.1 Å². The van der Waals surface area contributed by atoms with Gasteiger partial charge in [0.25, 0.3) is 0 Å². The summed E-state index contributed by atoms with van der Waals surface area (Å²) >= 11 is 4.68. The third-order valence-electron chi connectivity index (χ3n) is 4.78. The van der Waals surface area contributed by atoms with E-state index in [2.05, 4.69) is 26.7 Å². The lowest BCUT2D eigenvalue weighted by Crippen LogP contribution is -2.41. The van der Waals surface area contributed by atoms with Gasteiger partial charge in [0.15, 0.2) is 0 Å². The number of nitrogens with one attached hydrogen (secondary N) is 2. The number of rotatable bonds is 4. The van der Waals surface area contributed by atoms with Gasteiger partial charge in [0.2, 0.25) is 5.91 Å². The molecule has 0 radical (unpaired) electrons. The summed E-state index contributed by atoms with van der Waals surface area (Å²) in [6.07, 6.45) is 0. The van der Waals surface area contributed by atoms with Crippen LogP contribution >= 0.6 is 27.7 Å². The molecular formula is C21H19BrFN3O2S. The highest BCUT2D eigenvalue weighted by Crippen LogP contribution is 2.39. The standard InChI is InChI=1S/C21H19BrFN3O2S/c1-12-3-10-18-26(12)25-19(13-4-7-15(28-2)8-5-13)20(29-18)21(27)24-17-9-6-14(22)11-16(17)23/h3-11,19-20,25H,1-2H3,(H,24,27)/t19-,20+/m1/s1. The number of thioether (sulfide) groups is 1. The van der Waals surface area contributed by atoms with Gasteiger partial charge in [-0.2, -0.15) is 0 Å². The van der Waals surface area contributed by atoms with Crippen molar-refractivity contribution >= 4 is 39.3 Å². The number of aromatic nitrogens is 1. The molecule has 0 saturated carbocycles.